The summed E-state index contributed by atoms with van der Waals surface area (Å²) < 4.78 is 32.7. The summed E-state index contributed by atoms with van der Waals surface area (Å²) >= 11 is 0. The Labute approximate surface area is 340 Å². The molecule has 0 bridgehead atoms. The highest BCUT2D eigenvalue weighted by Crippen LogP contribution is 2.43. The fraction of sp³-hybridized carbons (Fsp3) is 0.795. The molecule has 0 saturated heterocycles. The van der Waals surface area contributed by atoms with Crippen LogP contribution in [-0.2, 0) is 37.5 Å². The molecule has 11 nitrogen and oxygen atoms in total. The first-order valence-corrected chi connectivity index (χ1v) is 23.5. The van der Waals surface area contributed by atoms with Gasteiger partial charge in [-0.2, -0.15) is 0 Å². The minimum atomic E-state index is -4.72. The standard InChI is InChI=1S/C44H80NO10P/c1-3-5-7-9-11-13-15-17-19-20-22-24-26-28-30-32-34-36-43(47)55-40(38-53-56(50,51)54-39-41(45)44(48)49)37-52-42(46)35-33-31-29-27-25-23-21-18-16-14-12-10-8-6-4-2/h10-13,17,19,40-41H,3-9,14-16,18,20-39,45H2,1-2H3,(H,48,49)(H,50,51)/b12-10+,13-11+,19-17+/t40-,41+/m1/s1. The van der Waals surface area contributed by atoms with Gasteiger partial charge in [-0.3, -0.25) is 23.4 Å². The molecule has 3 atom stereocenters. The van der Waals surface area contributed by atoms with E-state index in [-0.39, 0.29) is 19.4 Å². The summed E-state index contributed by atoms with van der Waals surface area (Å²) in [4.78, 5) is 46.0. The number of hydrogen-bond donors (Lipinski definition) is 3. The van der Waals surface area contributed by atoms with Crippen LogP contribution in [0.1, 0.15) is 194 Å². The molecule has 0 aliphatic heterocycles. The van der Waals surface area contributed by atoms with Crippen LogP contribution in [-0.4, -0.2) is 59.9 Å². The molecule has 0 heterocycles. The van der Waals surface area contributed by atoms with Crippen molar-refractivity contribution < 1.29 is 47.5 Å². The maximum Gasteiger partial charge on any atom is 0.472 e. The highest BCUT2D eigenvalue weighted by atomic mass is 31.2. The molecule has 4 N–H and O–H groups in total. The predicted molar refractivity (Wildman–Crippen MR) is 226 cm³/mol. The number of carboxylic acids is 1. The monoisotopic (exact) mass is 814 g/mol. The fourth-order valence-corrected chi connectivity index (χ4v) is 6.62. The summed E-state index contributed by atoms with van der Waals surface area (Å²) in [6.45, 7) is 2.74. The molecule has 0 aliphatic carbocycles. The van der Waals surface area contributed by atoms with Crippen molar-refractivity contribution in [1.29, 1.82) is 0 Å². The summed E-state index contributed by atoms with van der Waals surface area (Å²) in [6, 6.07) is -1.52. The molecule has 0 rings (SSSR count). The van der Waals surface area contributed by atoms with Gasteiger partial charge in [0, 0.05) is 12.8 Å². The molecule has 12 heteroatoms. The molecule has 1 unspecified atom stereocenters. The van der Waals surface area contributed by atoms with E-state index in [4.69, 9.17) is 24.8 Å². The first-order chi connectivity index (χ1) is 27.1. The number of rotatable bonds is 41. The van der Waals surface area contributed by atoms with Crippen molar-refractivity contribution >= 4 is 25.7 Å². The van der Waals surface area contributed by atoms with Gasteiger partial charge in [0.2, 0.25) is 0 Å². The van der Waals surface area contributed by atoms with Gasteiger partial charge in [-0.05, 0) is 64.2 Å². The first kappa shape index (κ1) is 53.7. The quantitative estimate of drug-likeness (QED) is 0.0232. The third kappa shape index (κ3) is 38.6. The summed E-state index contributed by atoms with van der Waals surface area (Å²) in [6.07, 6.45) is 42.0. The van der Waals surface area contributed by atoms with E-state index in [0.717, 1.165) is 57.8 Å². The molecular weight excluding hydrogens is 733 g/mol. The van der Waals surface area contributed by atoms with E-state index in [1.54, 1.807) is 0 Å². The number of phosphoric ester groups is 1. The zero-order valence-corrected chi connectivity index (χ0v) is 36.1. The normalized spacial score (nSPS) is 14.1. The first-order valence-electron chi connectivity index (χ1n) is 22.0. The maximum absolute atomic E-state index is 12.6. The number of carboxylic acid groups (broad SMARTS) is 1. The highest BCUT2D eigenvalue weighted by molar-refractivity contribution is 7.47. The number of esters is 2. The maximum atomic E-state index is 12.6. The van der Waals surface area contributed by atoms with Crippen LogP contribution in [0.3, 0.4) is 0 Å². The van der Waals surface area contributed by atoms with E-state index in [1.165, 1.54) is 96.3 Å². The van der Waals surface area contributed by atoms with Crippen molar-refractivity contribution in [2.24, 2.45) is 5.73 Å². The van der Waals surface area contributed by atoms with Gasteiger partial charge >= 0.3 is 25.7 Å². The van der Waals surface area contributed by atoms with Crippen molar-refractivity contribution in [3.63, 3.8) is 0 Å². The number of carbonyl (C=O) groups excluding carboxylic acids is 2. The smallest absolute Gasteiger partial charge is 0.472 e. The SMILES string of the molecule is CCCC/C=C/CCCCCCCCCCCC(=O)OC[C@H](COP(=O)(O)OC[C@H](N)C(=O)O)OC(=O)CCCCCCCCC/C=C/C/C=C/CCCCC. The lowest BCUT2D eigenvalue weighted by atomic mass is 10.1. The van der Waals surface area contributed by atoms with Crippen LogP contribution in [0.15, 0.2) is 36.5 Å². The number of nitrogens with two attached hydrogens (primary N) is 1. The molecule has 0 aromatic carbocycles. The molecule has 0 aromatic rings. The summed E-state index contributed by atoms with van der Waals surface area (Å²) in [5.41, 5.74) is 5.33. The van der Waals surface area contributed by atoms with Crippen LogP contribution in [0.5, 0.6) is 0 Å². The number of hydrogen-bond acceptors (Lipinski definition) is 9. The zero-order valence-electron chi connectivity index (χ0n) is 35.2. The van der Waals surface area contributed by atoms with Gasteiger partial charge < -0.3 is 25.2 Å². The third-order valence-electron chi connectivity index (χ3n) is 9.36. The minimum absolute atomic E-state index is 0.152. The molecule has 0 radical (unpaired) electrons. The van der Waals surface area contributed by atoms with E-state index in [1.807, 2.05) is 0 Å². The van der Waals surface area contributed by atoms with Gasteiger partial charge in [-0.25, -0.2) is 4.57 Å². The van der Waals surface area contributed by atoms with Crippen LogP contribution in [0.2, 0.25) is 0 Å². The number of ether oxygens (including phenoxy) is 2. The molecule has 0 saturated carbocycles. The van der Waals surface area contributed by atoms with E-state index in [2.05, 4.69) is 54.8 Å². The molecular formula is C44H80NO10P. The Kier molecular flexibility index (Phi) is 37.9. The second kappa shape index (κ2) is 39.5. The molecule has 0 amide bonds. The van der Waals surface area contributed by atoms with Gasteiger partial charge in [-0.1, -0.05) is 153 Å². The minimum Gasteiger partial charge on any atom is -0.480 e. The van der Waals surface area contributed by atoms with Gasteiger partial charge in [-0.15, -0.1) is 0 Å². The topological polar surface area (TPSA) is 172 Å². The van der Waals surface area contributed by atoms with Crippen LogP contribution in [0, 0.1) is 0 Å². The van der Waals surface area contributed by atoms with Crippen LogP contribution in [0.25, 0.3) is 0 Å². The van der Waals surface area contributed by atoms with Crippen LogP contribution in [0.4, 0.5) is 0 Å². The van der Waals surface area contributed by atoms with Gasteiger partial charge in [0.1, 0.15) is 12.6 Å². The fourth-order valence-electron chi connectivity index (χ4n) is 5.84. The number of allylic oxidation sites excluding steroid dienone is 6. The van der Waals surface area contributed by atoms with Crippen molar-refractivity contribution in [2.75, 3.05) is 19.8 Å². The third-order valence-corrected chi connectivity index (χ3v) is 10.3. The second-order valence-electron chi connectivity index (χ2n) is 14.8. The lowest BCUT2D eigenvalue weighted by Crippen LogP contribution is -2.34. The van der Waals surface area contributed by atoms with Crippen molar-refractivity contribution in [1.82, 2.24) is 0 Å². The predicted octanol–water partition coefficient (Wildman–Crippen LogP) is 11.6. The van der Waals surface area contributed by atoms with Crippen LogP contribution < -0.4 is 5.73 Å². The van der Waals surface area contributed by atoms with Gasteiger partial charge in [0.05, 0.1) is 13.2 Å². The molecule has 56 heavy (non-hydrogen) atoms. The Bertz CT molecular complexity index is 1100. The number of aliphatic carboxylic acids is 1. The van der Waals surface area contributed by atoms with E-state index in [9.17, 15) is 23.8 Å². The lowest BCUT2D eigenvalue weighted by Gasteiger charge is -2.20. The molecule has 0 aliphatic rings. The summed E-state index contributed by atoms with van der Waals surface area (Å²) in [7, 11) is -4.72. The van der Waals surface area contributed by atoms with Crippen molar-refractivity contribution in [3.05, 3.63) is 36.5 Å². The van der Waals surface area contributed by atoms with Crippen LogP contribution >= 0.6 is 7.82 Å². The Morgan fingerprint density at radius 3 is 1.46 bits per heavy atom. The number of phosphoric acid groups is 1. The van der Waals surface area contributed by atoms with Gasteiger partial charge in [0.15, 0.2) is 6.10 Å². The molecule has 0 fully saturated rings. The summed E-state index contributed by atoms with van der Waals surface area (Å²) in [5.74, 6) is -2.39. The number of carbonyl (C=O) groups is 3. The Morgan fingerprint density at radius 1 is 0.554 bits per heavy atom. The van der Waals surface area contributed by atoms with Crippen molar-refractivity contribution in [3.8, 4) is 0 Å². The summed E-state index contributed by atoms with van der Waals surface area (Å²) in [5, 5.41) is 8.89. The van der Waals surface area contributed by atoms with E-state index >= 15 is 0 Å². The Balaban J connectivity index is 4.36. The molecule has 326 valence electrons. The second-order valence-corrected chi connectivity index (χ2v) is 16.3. The van der Waals surface area contributed by atoms with E-state index < -0.39 is 51.1 Å². The average molecular weight is 814 g/mol. The zero-order chi connectivity index (χ0) is 41.4. The highest BCUT2D eigenvalue weighted by Gasteiger charge is 2.28. The Hall–Kier alpha value is -2.30. The molecule has 0 aromatic heterocycles. The largest absolute Gasteiger partial charge is 0.480 e. The molecule has 0 spiro atoms. The lowest BCUT2D eigenvalue weighted by molar-refractivity contribution is -0.161. The number of unbranched alkanes of at least 4 members (excludes halogenated alkanes) is 21. The van der Waals surface area contributed by atoms with Crippen molar-refractivity contribution in [2.45, 2.75) is 206 Å². The van der Waals surface area contributed by atoms with E-state index in [0.29, 0.717) is 12.8 Å². The van der Waals surface area contributed by atoms with Gasteiger partial charge in [0.25, 0.3) is 0 Å². The Morgan fingerprint density at radius 2 is 0.964 bits per heavy atom. The average Bonchev–Trinajstić information content (AvgIpc) is 3.17.